The zero-order chi connectivity index (χ0) is 19.2. The van der Waals surface area contributed by atoms with Crippen LogP contribution in [0.15, 0.2) is 11.6 Å². The molecule has 152 valence electrons. The number of aliphatic hydroxyl groups excluding tert-OH is 1. The molecule has 0 aromatic heterocycles. The minimum absolute atomic E-state index is 0.151. The third-order valence-electron chi connectivity index (χ3n) is 9.70. The van der Waals surface area contributed by atoms with Gasteiger partial charge < -0.3 is 14.6 Å². The van der Waals surface area contributed by atoms with Crippen molar-refractivity contribution in [3.05, 3.63) is 11.6 Å². The molecule has 3 heteroatoms. The van der Waals surface area contributed by atoms with Crippen LogP contribution in [0.2, 0.25) is 0 Å². The van der Waals surface area contributed by atoms with Gasteiger partial charge in [0.15, 0.2) is 5.79 Å². The highest BCUT2D eigenvalue weighted by molar-refractivity contribution is 5.25. The highest BCUT2D eigenvalue weighted by Crippen LogP contribution is 2.69. The molecule has 5 rings (SSSR count). The summed E-state index contributed by atoms with van der Waals surface area (Å²) in [5.41, 5.74) is 2.33. The third kappa shape index (κ3) is 2.43. The average molecular weight is 375 g/mol. The predicted octanol–water partition coefficient (Wildman–Crippen LogP) is 5.08. The summed E-state index contributed by atoms with van der Waals surface area (Å²) in [5, 5.41) is 10.5. The monoisotopic (exact) mass is 374 g/mol. The van der Waals surface area contributed by atoms with E-state index < -0.39 is 5.79 Å². The molecule has 0 radical (unpaired) electrons. The van der Waals surface area contributed by atoms with Crippen molar-refractivity contribution in [2.24, 2.45) is 34.5 Å². The molecule has 0 bridgehead atoms. The van der Waals surface area contributed by atoms with E-state index in [-0.39, 0.29) is 23.7 Å². The molecule has 3 unspecified atom stereocenters. The fourth-order valence-corrected chi connectivity index (χ4v) is 8.48. The Bertz CT molecular complexity index is 654. The molecule has 1 N–H and O–H groups in total. The van der Waals surface area contributed by atoms with Gasteiger partial charge in [-0.25, -0.2) is 0 Å². The van der Waals surface area contributed by atoms with Crippen molar-refractivity contribution in [1.29, 1.82) is 0 Å². The quantitative estimate of drug-likeness (QED) is 0.601. The van der Waals surface area contributed by atoms with Crippen LogP contribution in [0.25, 0.3) is 0 Å². The summed E-state index contributed by atoms with van der Waals surface area (Å²) in [6.45, 7) is 11.5. The molecular formula is C24H38O3. The van der Waals surface area contributed by atoms with Crippen LogP contribution in [-0.4, -0.2) is 29.2 Å². The Hall–Kier alpha value is -0.380. The summed E-state index contributed by atoms with van der Waals surface area (Å²) in [7, 11) is 0. The smallest absolute Gasteiger partial charge is 0.163 e. The Morgan fingerprint density at radius 3 is 2.41 bits per heavy atom. The van der Waals surface area contributed by atoms with Crippen LogP contribution >= 0.6 is 0 Å². The maximum Gasteiger partial charge on any atom is 0.163 e. The van der Waals surface area contributed by atoms with E-state index in [0.29, 0.717) is 23.2 Å². The Morgan fingerprint density at radius 1 is 0.926 bits per heavy atom. The van der Waals surface area contributed by atoms with Crippen molar-refractivity contribution in [2.45, 2.75) is 104 Å². The van der Waals surface area contributed by atoms with Crippen molar-refractivity contribution in [2.75, 3.05) is 0 Å². The van der Waals surface area contributed by atoms with Gasteiger partial charge in [0.1, 0.15) is 0 Å². The second kappa shape index (κ2) is 5.83. The Morgan fingerprint density at radius 2 is 1.67 bits per heavy atom. The molecular weight excluding hydrogens is 336 g/mol. The topological polar surface area (TPSA) is 38.7 Å². The van der Waals surface area contributed by atoms with E-state index in [1.165, 1.54) is 25.7 Å². The number of ether oxygens (including phenoxy) is 2. The van der Waals surface area contributed by atoms with E-state index >= 15 is 0 Å². The normalized spacial score (nSPS) is 57.7. The van der Waals surface area contributed by atoms with E-state index in [0.717, 1.165) is 25.2 Å². The van der Waals surface area contributed by atoms with Crippen LogP contribution in [0.1, 0.15) is 79.6 Å². The summed E-state index contributed by atoms with van der Waals surface area (Å²) in [5.74, 6) is 1.97. The standard InChI is InChI=1S/C24H38O3/c1-6-14-7-8-16-19-17(10-12-23(14,16)4)24(5)11-9-15(25)13-18(24)20-21(19)27-22(2,3)26-20/h6,15-21,25H,7-13H2,1-5H3/b14-6+/t15-,16?,17?,18-,19?,20-,21-,23-,24-/m1/s1. The van der Waals surface area contributed by atoms with Gasteiger partial charge >= 0.3 is 0 Å². The van der Waals surface area contributed by atoms with Crippen LogP contribution in [-0.2, 0) is 9.47 Å². The summed E-state index contributed by atoms with van der Waals surface area (Å²) in [6.07, 6.45) is 10.8. The largest absolute Gasteiger partial charge is 0.393 e. The van der Waals surface area contributed by atoms with E-state index in [4.69, 9.17) is 9.47 Å². The number of hydrogen-bond donors (Lipinski definition) is 1. The second-order valence-electron chi connectivity index (χ2n) is 11.2. The first-order valence-corrected chi connectivity index (χ1v) is 11.4. The zero-order valence-corrected chi connectivity index (χ0v) is 17.8. The van der Waals surface area contributed by atoms with Crippen LogP contribution < -0.4 is 0 Å². The van der Waals surface area contributed by atoms with Gasteiger partial charge in [0, 0.05) is 0 Å². The van der Waals surface area contributed by atoms with Crippen molar-refractivity contribution < 1.29 is 14.6 Å². The van der Waals surface area contributed by atoms with Gasteiger partial charge in [-0.05, 0) is 100 Å². The summed E-state index contributed by atoms with van der Waals surface area (Å²) in [6, 6.07) is 0. The van der Waals surface area contributed by atoms with Crippen LogP contribution in [0, 0.1) is 34.5 Å². The van der Waals surface area contributed by atoms with Crippen LogP contribution in [0.5, 0.6) is 0 Å². The molecule has 1 saturated heterocycles. The number of aliphatic hydroxyl groups is 1. The van der Waals surface area contributed by atoms with Crippen LogP contribution in [0.3, 0.4) is 0 Å². The first kappa shape index (κ1) is 18.6. The second-order valence-corrected chi connectivity index (χ2v) is 11.2. The number of hydrogen-bond acceptors (Lipinski definition) is 3. The van der Waals surface area contributed by atoms with Crippen molar-refractivity contribution in [3.63, 3.8) is 0 Å². The summed E-state index contributed by atoms with van der Waals surface area (Å²) < 4.78 is 13.2. The fourth-order valence-electron chi connectivity index (χ4n) is 8.48. The zero-order valence-electron chi connectivity index (χ0n) is 17.8. The molecule has 0 aromatic rings. The lowest BCUT2D eigenvalue weighted by molar-refractivity contribution is -0.182. The van der Waals surface area contributed by atoms with Crippen molar-refractivity contribution >= 4 is 0 Å². The molecule has 3 nitrogen and oxygen atoms in total. The van der Waals surface area contributed by atoms with Crippen molar-refractivity contribution in [3.8, 4) is 0 Å². The van der Waals surface area contributed by atoms with Crippen LogP contribution in [0.4, 0.5) is 0 Å². The minimum Gasteiger partial charge on any atom is -0.393 e. The highest BCUT2D eigenvalue weighted by atomic mass is 16.8. The van der Waals surface area contributed by atoms with E-state index in [1.807, 2.05) is 0 Å². The first-order chi connectivity index (χ1) is 12.7. The molecule has 9 atom stereocenters. The van der Waals surface area contributed by atoms with E-state index in [9.17, 15) is 5.11 Å². The molecule has 0 aromatic carbocycles. The maximum absolute atomic E-state index is 10.5. The molecule has 4 saturated carbocycles. The van der Waals surface area contributed by atoms with Gasteiger partial charge in [-0.1, -0.05) is 25.5 Å². The predicted molar refractivity (Wildman–Crippen MR) is 106 cm³/mol. The van der Waals surface area contributed by atoms with Crippen molar-refractivity contribution in [1.82, 2.24) is 0 Å². The molecule has 1 heterocycles. The Balaban J connectivity index is 1.59. The van der Waals surface area contributed by atoms with Gasteiger partial charge in [-0.15, -0.1) is 0 Å². The lowest BCUT2D eigenvalue weighted by Crippen LogP contribution is -2.63. The number of rotatable bonds is 0. The Labute approximate surface area is 164 Å². The number of allylic oxidation sites excluding steroid dienone is 2. The Kier molecular flexibility index (Phi) is 4.02. The van der Waals surface area contributed by atoms with Gasteiger partial charge in [0.2, 0.25) is 0 Å². The maximum atomic E-state index is 10.5. The van der Waals surface area contributed by atoms with Gasteiger partial charge in [-0.2, -0.15) is 0 Å². The molecule has 5 aliphatic rings. The molecule has 27 heavy (non-hydrogen) atoms. The third-order valence-corrected chi connectivity index (χ3v) is 9.70. The molecule has 4 aliphatic carbocycles. The lowest BCUT2D eigenvalue weighted by Gasteiger charge is -2.63. The van der Waals surface area contributed by atoms with E-state index in [1.54, 1.807) is 5.57 Å². The van der Waals surface area contributed by atoms with Gasteiger partial charge in [-0.3, -0.25) is 0 Å². The SMILES string of the molecule is C/C=C1\CCC2C3C(CC[C@]12C)[C@@]1(C)CC[C@@H](O)C[C@@H]1[C@H]1OC(C)(C)O[C@H]31. The number of fused-ring (bicyclic) bond motifs is 8. The molecule has 5 fully saturated rings. The first-order valence-electron chi connectivity index (χ1n) is 11.4. The summed E-state index contributed by atoms with van der Waals surface area (Å²) in [4.78, 5) is 0. The van der Waals surface area contributed by atoms with E-state index in [2.05, 4.69) is 40.7 Å². The lowest BCUT2D eigenvalue weighted by atomic mass is 9.43. The molecule has 0 spiro atoms. The minimum atomic E-state index is -0.497. The average Bonchev–Trinajstić information content (AvgIpc) is 3.11. The summed E-state index contributed by atoms with van der Waals surface area (Å²) >= 11 is 0. The highest BCUT2D eigenvalue weighted by Gasteiger charge is 2.67. The fraction of sp³-hybridized carbons (Fsp3) is 0.917. The molecule has 0 amide bonds. The van der Waals surface area contributed by atoms with Gasteiger partial charge in [0.25, 0.3) is 0 Å². The molecule has 1 aliphatic heterocycles. The van der Waals surface area contributed by atoms with Gasteiger partial charge in [0.05, 0.1) is 18.3 Å².